The Morgan fingerprint density at radius 1 is 1.24 bits per heavy atom. The maximum absolute atomic E-state index is 11.7. The van der Waals surface area contributed by atoms with E-state index in [0.29, 0.717) is 6.54 Å². The predicted octanol–water partition coefficient (Wildman–Crippen LogP) is 1.04. The van der Waals surface area contributed by atoms with Crippen LogP contribution in [0.1, 0.15) is 27.2 Å². The highest BCUT2D eigenvalue weighted by molar-refractivity contribution is 5.85. The van der Waals surface area contributed by atoms with Gasteiger partial charge in [0.05, 0.1) is 6.54 Å². The molecule has 0 unspecified atom stereocenters. The number of carbonyl (C=O) groups is 1. The van der Waals surface area contributed by atoms with E-state index >= 15 is 0 Å². The lowest BCUT2D eigenvalue weighted by Crippen LogP contribution is -2.46. The lowest BCUT2D eigenvalue weighted by molar-refractivity contribution is -0.123. The molecule has 1 aliphatic rings. The van der Waals surface area contributed by atoms with Crippen LogP contribution in [0, 0.1) is 0 Å². The summed E-state index contributed by atoms with van der Waals surface area (Å²) in [6, 6.07) is 0. The fourth-order valence-corrected chi connectivity index (χ4v) is 1.72. The molecule has 104 valence electrons. The number of nitrogens with zero attached hydrogens (tertiary/aromatic N) is 1. The zero-order valence-electron chi connectivity index (χ0n) is 10.9. The SMILES string of the molecule is CC(C)(C)NC(=O)CN1CCCNCC1.Cl.Cl. The molecule has 1 aliphatic heterocycles. The highest BCUT2D eigenvalue weighted by Gasteiger charge is 2.17. The maximum Gasteiger partial charge on any atom is 0.234 e. The smallest absolute Gasteiger partial charge is 0.234 e. The third-order valence-electron chi connectivity index (χ3n) is 2.31. The number of amides is 1. The van der Waals surface area contributed by atoms with Gasteiger partial charge in [0.1, 0.15) is 0 Å². The van der Waals surface area contributed by atoms with E-state index < -0.39 is 0 Å². The highest BCUT2D eigenvalue weighted by Crippen LogP contribution is 2.00. The average molecular weight is 286 g/mol. The van der Waals surface area contributed by atoms with Gasteiger partial charge in [-0.2, -0.15) is 0 Å². The summed E-state index contributed by atoms with van der Waals surface area (Å²) in [5.74, 6) is 0.129. The fourth-order valence-electron chi connectivity index (χ4n) is 1.72. The summed E-state index contributed by atoms with van der Waals surface area (Å²) in [4.78, 5) is 13.9. The Bertz CT molecular complexity index is 211. The minimum absolute atomic E-state index is 0. The van der Waals surface area contributed by atoms with E-state index in [2.05, 4.69) is 15.5 Å². The first kappa shape index (κ1) is 19.3. The van der Waals surface area contributed by atoms with Gasteiger partial charge in [-0.1, -0.05) is 0 Å². The molecule has 0 aliphatic carbocycles. The number of hydrogen-bond acceptors (Lipinski definition) is 3. The van der Waals surface area contributed by atoms with Gasteiger partial charge in [0.2, 0.25) is 5.91 Å². The Labute approximate surface area is 117 Å². The summed E-state index contributed by atoms with van der Waals surface area (Å²) in [5.41, 5.74) is -0.124. The molecule has 1 saturated heterocycles. The highest BCUT2D eigenvalue weighted by atomic mass is 35.5. The minimum atomic E-state index is -0.124. The van der Waals surface area contributed by atoms with Crippen LogP contribution in [0.2, 0.25) is 0 Å². The Hall–Kier alpha value is -0.0300. The molecule has 6 heteroatoms. The fraction of sp³-hybridized carbons (Fsp3) is 0.909. The number of nitrogens with one attached hydrogen (secondary N) is 2. The summed E-state index contributed by atoms with van der Waals surface area (Å²) in [5, 5.41) is 6.31. The van der Waals surface area contributed by atoms with E-state index in [0.717, 1.165) is 32.6 Å². The van der Waals surface area contributed by atoms with Gasteiger partial charge in [-0.3, -0.25) is 9.69 Å². The first-order chi connectivity index (χ1) is 6.97. The quantitative estimate of drug-likeness (QED) is 0.797. The standard InChI is InChI=1S/C11H23N3O.2ClH/c1-11(2,3)13-10(15)9-14-7-4-5-12-6-8-14;;/h12H,4-9H2,1-3H3,(H,13,15);2*1H. The molecule has 1 amide bonds. The zero-order chi connectivity index (χ0) is 11.3. The first-order valence-electron chi connectivity index (χ1n) is 5.71. The van der Waals surface area contributed by atoms with Crippen molar-refractivity contribution in [3.05, 3.63) is 0 Å². The topological polar surface area (TPSA) is 44.4 Å². The van der Waals surface area contributed by atoms with E-state index in [-0.39, 0.29) is 36.3 Å². The second-order valence-electron chi connectivity index (χ2n) is 5.18. The van der Waals surface area contributed by atoms with Crippen molar-refractivity contribution in [3.63, 3.8) is 0 Å². The molecular weight excluding hydrogens is 261 g/mol. The molecule has 1 rings (SSSR count). The van der Waals surface area contributed by atoms with Crippen molar-refractivity contribution in [2.45, 2.75) is 32.7 Å². The molecule has 0 saturated carbocycles. The minimum Gasteiger partial charge on any atom is -0.350 e. The molecule has 1 heterocycles. The van der Waals surface area contributed by atoms with E-state index in [4.69, 9.17) is 0 Å². The van der Waals surface area contributed by atoms with E-state index in [9.17, 15) is 4.79 Å². The Balaban J connectivity index is 0. The molecule has 2 N–H and O–H groups in total. The van der Waals surface area contributed by atoms with Crippen LogP contribution in [0.3, 0.4) is 0 Å². The lowest BCUT2D eigenvalue weighted by Gasteiger charge is -2.24. The van der Waals surface area contributed by atoms with Gasteiger partial charge >= 0.3 is 0 Å². The molecule has 0 aromatic heterocycles. The molecule has 0 spiro atoms. The van der Waals surface area contributed by atoms with Crippen molar-refractivity contribution < 1.29 is 4.79 Å². The Morgan fingerprint density at radius 3 is 2.47 bits per heavy atom. The summed E-state index contributed by atoms with van der Waals surface area (Å²) in [7, 11) is 0. The van der Waals surface area contributed by atoms with Crippen LogP contribution in [-0.2, 0) is 4.79 Å². The van der Waals surface area contributed by atoms with Crippen LogP contribution in [0.15, 0.2) is 0 Å². The average Bonchev–Trinajstić information content (AvgIpc) is 2.28. The van der Waals surface area contributed by atoms with Crippen LogP contribution >= 0.6 is 24.8 Å². The number of hydrogen-bond donors (Lipinski definition) is 2. The van der Waals surface area contributed by atoms with Crippen LogP contribution in [0.25, 0.3) is 0 Å². The Kier molecular flexibility index (Phi) is 10.2. The van der Waals surface area contributed by atoms with Crippen molar-refractivity contribution in [1.82, 2.24) is 15.5 Å². The molecule has 0 aromatic carbocycles. The molecule has 1 fully saturated rings. The molecule has 0 atom stereocenters. The second kappa shape index (κ2) is 8.97. The van der Waals surface area contributed by atoms with E-state index in [1.165, 1.54) is 0 Å². The normalized spacial score (nSPS) is 17.4. The summed E-state index contributed by atoms with van der Waals surface area (Å²) in [6.07, 6.45) is 1.13. The monoisotopic (exact) mass is 285 g/mol. The molecule has 0 aromatic rings. The summed E-state index contributed by atoms with van der Waals surface area (Å²) >= 11 is 0. The number of carbonyl (C=O) groups excluding carboxylic acids is 1. The molecular formula is C11H25Cl2N3O. The van der Waals surface area contributed by atoms with Crippen molar-refractivity contribution >= 4 is 30.7 Å². The van der Waals surface area contributed by atoms with Crippen molar-refractivity contribution in [3.8, 4) is 0 Å². The van der Waals surface area contributed by atoms with Gasteiger partial charge in [0, 0.05) is 18.6 Å². The van der Waals surface area contributed by atoms with Gasteiger partial charge < -0.3 is 10.6 Å². The van der Waals surface area contributed by atoms with Crippen LogP contribution < -0.4 is 10.6 Å². The van der Waals surface area contributed by atoms with Gasteiger partial charge in [-0.15, -0.1) is 24.8 Å². The third-order valence-corrected chi connectivity index (χ3v) is 2.31. The van der Waals surface area contributed by atoms with Crippen LogP contribution in [0.4, 0.5) is 0 Å². The van der Waals surface area contributed by atoms with Crippen LogP contribution in [0.5, 0.6) is 0 Å². The maximum atomic E-state index is 11.7. The van der Waals surface area contributed by atoms with E-state index in [1.54, 1.807) is 0 Å². The predicted molar refractivity (Wildman–Crippen MR) is 76.3 cm³/mol. The van der Waals surface area contributed by atoms with Gasteiger partial charge in [-0.05, 0) is 40.3 Å². The molecule has 17 heavy (non-hydrogen) atoms. The van der Waals surface area contributed by atoms with Gasteiger partial charge in [0.25, 0.3) is 0 Å². The van der Waals surface area contributed by atoms with Crippen molar-refractivity contribution in [1.29, 1.82) is 0 Å². The Morgan fingerprint density at radius 2 is 1.88 bits per heavy atom. The van der Waals surface area contributed by atoms with Crippen molar-refractivity contribution in [2.24, 2.45) is 0 Å². The number of rotatable bonds is 2. The second-order valence-corrected chi connectivity index (χ2v) is 5.18. The van der Waals surface area contributed by atoms with Gasteiger partial charge in [0.15, 0.2) is 0 Å². The molecule has 0 radical (unpaired) electrons. The van der Waals surface area contributed by atoms with E-state index in [1.807, 2.05) is 20.8 Å². The molecule has 0 bridgehead atoms. The lowest BCUT2D eigenvalue weighted by atomic mass is 10.1. The summed E-state index contributed by atoms with van der Waals surface area (Å²) in [6.45, 7) is 10.6. The first-order valence-corrected chi connectivity index (χ1v) is 5.71. The summed E-state index contributed by atoms with van der Waals surface area (Å²) < 4.78 is 0. The van der Waals surface area contributed by atoms with Crippen LogP contribution in [-0.4, -0.2) is 49.1 Å². The molecule has 4 nitrogen and oxygen atoms in total. The number of halogens is 2. The van der Waals surface area contributed by atoms with Gasteiger partial charge in [-0.25, -0.2) is 0 Å². The zero-order valence-corrected chi connectivity index (χ0v) is 12.5. The largest absolute Gasteiger partial charge is 0.350 e. The van der Waals surface area contributed by atoms with Crippen molar-refractivity contribution in [2.75, 3.05) is 32.7 Å². The third kappa shape index (κ3) is 9.65.